The van der Waals surface area contributed by atoms with E-state index in [0.29, 0.717) is 17.8 Å². The second kappa shape index (κ2) is 7.93. The number of hydrazine groups is 1. The van der Waals surface area contributed by atoms with E-state index in [1.807, 2.05) is 50.6 Å². The van der Waals surface area contributed by atoms with Crippen molar-refractivity contribution >= 4 is 11.4 Å². The summed E-state index contributed by atoms with van der Waals surface area (Å²) in [6, 6.07) is 16.1. The second-order valence-corrected chi connectivity index (χ2v) is 7.57. The van der Waals surface area contributed by atoms with E-state index in [2.05, 4.69) is 34.7 Å². The lowest BCUT2D eigenvalue weighted by molar-refractivity contribution is 0.402. The summed E-state index contributed by atoms with van der Waals surface area (Å²) in [5, 5.41) is 19.1. The highest BCUT2D eigenvalue weighted by Crippen LogP contribution is 2.37. The highest BCUT2D eigenvalue weighted by Gasteiger charge is 2.26. The number of nitrogens with zero attached hydrogens (tertiary/aromatic N) is 4. The van der Waals surface area contributed by atoms with Gasteiger partial charge in [0.2, 0.25) is 0 Å². The zero-order chi connectivity index (χ0) is 21.3. The van der Waals surface area contributed by atoms with E-state index < -0.39 is 0 Å². The molecule has 5 N–H and O–H groups in total. The maximum Gasteiger partial charge on any atom is 0.101 e. The Kier molecular flexibility index (Phi) is 5.17. The van der Waals surface area contributed by atoms with E-state index in [4.69, 9.17) is 11.6 Å². The number of allylic oxidation sites excluding steroid dienone is 1. The monoisotopic (exact) mass is 399 g/mol. The van der Waals surface area contributed by atoms with Crippen LogP contribution >= 0.6 is 0 Å². The first-order valence-corrected chi connectivity index (χ1v) is 9.85. The molecule has 30 heavy (non-hydrogen) atoms. The summed E-state index contributed by atoms with van der Waals surface area (Å²) in [5.74, 6) is 6.36. The van der Waals surface area contributed by atoms with Gasteiger partial charge < -0.3 is 16.1 Å². The van der Waals surface area contributed by atoms with Crippen LogP contribution in [0.2, 0.25) is 0 Å². The summed E-state index contributed by atoms with van der Waals surface area (Å²) >= 11 is 0. The van der Waals surface area contributed by atoms with Gasteiger partial charge in [-0.3, -0.25) is 4.68 Å². The van der Waals surface area contributed by atoms with Crippen molar-refractivity contribution < 1.29 is 0 Å². The molecular formula is C23H25N7. The average Bonchev–Trinajstić information content (AvgIpc) is 3.12. The molecule has 0 saturated heterocycles. The number of benzene rings is 2. The van der Waals surface area contributed by atoms with Crippen LogP contribution in [0.5, 0.6) is 0 Å². The highest BCUT2D eigenvalue weighted by molar-refractivity contribution is 5.75. The van der Waals surface area contributed by atoms with Gasteiger partial charge in [-0.2, -0.15) is 10.4 Å². The summed E-state index contributed by atoms with van der Waals surface area (Å²) in [6.07, 6.45) is 4.61. The Morgan fingerprint density at radius 2 is 2.03 bits per heavy atom. The van der Waals surface area contributed by atoms with E-state index in [-0.39, 0.29) is 6.04 Å². The van der Waals surface area contributed by atoms with Crippen molar-refractivity contribution in [2.75, 3.05) is 11.9 Å². The molecule has 2 aromatic carbocycles. The summed E-state index contributed by atoms with van der Waals surface area (Å²) in [5.41, 5.74) is 13.3. The number of fused-ring (bicyclic) bond motifs is 1. The van der Waals surface area contributed by atoms with Crippen molar-refractivity contribution in [2.45, 2.75) is 19.4 Å². The molecule has 0 aliphatic carbocycles. The van der Waals surface area contributed by atoms with Gasteiger partial charge in [0.25, 0.3) is 0 Å². The number of hydrogen-bond acceptors (Lipinski definition) is 6. The molecule has 0 saturated carbocycles. The molecule has 152 valence electrons. The van der Waals surface area contributed by atoms with E-state index in [9.17, 15) is 5.26 Å². The first kappa shape index (κ1) is 19.6. The minimum absolute atomic E-state index is 0.0333. The zero-order valence-corrected chi connectivity index (χ0v) is 17.1. The molecule has 2 heterocycles. The zero-order valence-electron chi connectivity index (χ0n) is 17.1. The molecule has 0 bridgehead atoms. The minimum Gasteiger partial charge on any atom is -0.401 e. The van der Waals surface area contributed by atoms with Gasteiger partial charge in [0.1, 0.15) is 6.07 Å². The Bertz CT molecular complexity index is 1150. The first-order chi connectivity index (χ1) is 14.5. The minimum atomic E-state index is -0.0333. The number of nitriles is 1. The molecular weight excluding hydrogens is 374 g/mol. The molecule has 0 radical (unpaired) electrons. The smallest absolute Gasteiger partial charge is 0.101 e. The third-order valence-electron chi connectivity index (χ3n) is 5.42. The van der Waals surface area contributed by atoms with Crippen molar-refractivity contribution in [3.63, 3.8) is 0 Å². The first-order valence-electron chi connectivity index (χ1n) is 9.85. The van der Waals surface area contributed by atoms with Crippen LogP contribution < -0.4 is 16.9 Å². The number of aromatic nitrogens is 2. The Morgan fingerprint density at radius 1 is 1.23 bits per heavy atom. The Hall–Kier alpha value is -3.76. The van der Waals surface area contributed by atoms with Crippen molar-refractivity contribution in [3.8, 4) is 17.2 Å². The fourth-order valence-corrected chi connectivity index (χ4v) is 3.99. The van der Waals surface area contributed by atoms with E-state index in [1.165, 1.54) is 0 Å². The third-order valence-corrected chi connectivity index (χ3v) is 5.42. The van der Waals surface area contributed by atoms with Gasteiger partial charge in [-0.25, -0.2) is 5.84 Å². The van der Waals surface area contributed by atoms with Gasteiger partial charge in [-0.15, -0.1) is 0 Å². The molecule has 3 aromatic rings. The fraction of sp³-hybridized carbons (Fsp3) is 0.217. The standard InChI is InChI=1S/C23H25N7/c1-15(25)23-19-8-7-16(18-13-27-29(2)14-18)11-20(19)22(9-10-30(23)26)28-21-6-4-3-5-17(21)12-24/h3-8,11,13-14,22,28H,9-10,25-26H2,1-2H3/b23-15-. The number of anilines is 1. The molecule has 0 fully saturated rings. The molecule has 7 nitrogen and oxygen atoms in total. The average molecular weight is 400 g/mol. The van der Waals surface area contributed by atoms with Crippen LogP contribution in [-0.4, -0.2) is 21.3 Å². The van der Waals surface area contributed by atoms with E-state index >= 15 is 0 Å². The number of nitrogens with one attached hydrogen (secondary N) is 1. The number of rotatable bonds is 3. The number of para-hydroxylation sites is 1. The van der Waals surface area contributed by atoms with Gasteiger partial charge in [0, 0.05) is 36.6 Å². The quantitative estimate of drug-likeness (QED) is 0.583. The predicted molar refractivity (Wildman–Crippen MR) is 118 cm³/mol. The lowest BCUT2D eigenvalue weighted by Gasteiger charge is -2.22. The van der Waals surface area contributed by atoms with Crippen molar-refractivity contribution in [2.24, 2.45) is 18.6 Å². The van der Waals surface area contributed by atoms with Gasteiger partial charge in [0.05, 0.1) is 29.2 Å². The molecule has 0 spiro atoms. The van der Waals surface area contributed by atoms with Crippen molar-refractivity contribution in [1.82, 2.24) is 14.8 Å². The second-order valence-electron chi connectivity index (χ2n) is 7.57. The van der Waals surface area contributed by atoms with Gasteiger partial charge in [-0.05, 0) is 42.7 Å². The topological polar surface area (TPSA) is 109 Å². The summed E-state index contributed by atoms with van der Waals surface area (Å²) in [7, 11) is 1.90. The summed E-state index contributed by atoms with van der Waals surface area (Å²) < 4.78 is 1.79. The number of nitrogens with two attached hydrogens (primary N) is 2. The van der Waals surface area contributed by atoms with Crippen LogP contribution in [0.3, 0.4) is 0 Å². The van der Waals surface area contributed by atoms with Gasteiger partial charge in [-0.1, -0.05) is 24.3 Å². The number of aryl methyl sites for hydroxylation is 1. The SMILES string of the molecule is C/C(N)=C1\c2ccc(-c3cnn(C)c3)cc2C(Nc2ccccc2C#N)CCN1N. The number of hydrogen-bond donors (Lipinski definition) is 3. The van der Waals surface area contributed by atoms with Gasteiger partial charge >= 0.3 is 0 Å². The van der Waals surface area contributed by atoms with Crippen LogP contribution in [0.25, 0.3) is 16.8 Å². The lowest BCUT2D eigenvalue weighted by Crippen LogP contribution is -2.31. The van der Waals surface area contributed by atoms with Crippen LogP contribution in [0.4, 0.5) is 5.69 Å². The lowest BCUT2D eigenvalue weighted by atomic mass is 9.93. The largest absolute Gasteiger partial charge is 0.401 e. The van der Waals surface area contributed by atoms with Gasteiger partial charge in [0.15, 0.2) is 0 Å². The van der Waals surface area contributed by atoms with Crippen LogP contribution in [0, 0.1) is 11.3 Å². The Labute approximate surface area is 176 Å². The van der Waals surface area contributed by atoms with E-state index in [1.54, 1.807) is 9.69 Å². The van der Waals surface area contributed by atoms with Crippen LogP contribution in [0.15, 0.2) is 60.6 Å². The van der Waals surface area contributed by atoms with E-state index in [0.717, 1.165) is 40.1 Å². The molecule has 1 atom stereocenters. The highest BCUT2D eigenvalue weighted by atomic mass is 15.4. The molecule has 0 amide bonds. The van der Waals surface area contributed by atoms with Crippen molar-refractivity contribution in [1.29, 1.82) is 5.26 Å². The van der Waals surface area contributed by atoms with Crippen LogP contribution in [0.1, 0.15) is 36.1 Å². The molecule has 1 aliphatic heterocycles. The maximum absolute atomic E-state index is 9.50. The molecule has 1 aliphatic rings. The van der Waals surface area contributed by atoms with Crippen LogP contribution in [-0.2, 0) is 7.05 Å². The molecule has 4 rings (SSSR count). The predicted octanol–water partition coefficient (Wildman–Crippen LogP) is 3.34. The molecule has 1 unspecified atom stereocenters. The Morgan fingerprint density at radius 3 is 2.73 bits per heavy atom. The maximum atomic E-state index is 9.50. The molecule has 1 aromatic heterocycles. The van der Waals surface area contributed by atoms with Crippen molar-refractivity contribution in [3.05, 3.63) is 77.2 Å². The fourth-order valence-electron chi connectivity index (χ4n) is 3.99. The molecule has 7 heteroatoms. The summed E-state index contributed by atoms with van der Waals surface area (Å²) in [4.78, 5) is 0. The normalized spacial score (nSPS) is 17.7. The Balaban J connectivity index is 1.85. The third kappa shape index (κ3) is 3.61. The summed E-state index contributed by atoms with van der Waals surface area (Å²) in [6.45, 7) is 2.50.